The van der Waals surface area contributed by atoms with E-state index < -0.39 is 6.17 Å². The molecule has 3 amide bonds. The van der Waals surface area contributed by atoms with Crippen molar-refractivity contribution < 1.29 is 14.4 Å². The monoisotopic (exact) mass is 261 g/mol. The molecule has 0 saturated carbocycles. The Morgan fingerprint density at radius 3 is 2.79 bits per heavy atom. The minimum absolute atomic E-state index is 0.222. The predicted molar refractivity (Wildman–Crippen MR) is 68.3 cm³/mol. The number of nitrogens with one attached hydrogen (secondary N) is 2. The van der Waals surface area contributed by atoms with Gasteiger partial charge in [-0.05, 0) is 11.1 Å². The second-order valence-electron chi connectivity index (χ2n) is 4.18. The molecular formula is C13H15N3O3. The van der Waals surface area contributed by atoms with Gasteiger partial charge in [0.2, 0.25) is 6.41 Å². The van der Waals surface area contributed by atoms with E-state index in [1.54, 1.807) is 0 Å². The number of hydrogen-bond donors (Lipinski definition) is 2. The highest BCUT2D eigenvalue weighted by Crippen LogP contribution is 2.23. The lowest BCUT2D eigenvalue weighted by atomic mass is 10.0. The van der Waals surface area contributed by atoms with Crippen molar-refractivity contribution in [2.24, 2.45) is 0 Å². The van der Waals surface area contributed by atoms with Crippen molar-refractivity contribution in [3.63, 3.8) is 0 Å². The minimum atomic E-state index is -0.545. The van der Waals surface area contributed by atoms with E-state index in [1.807, 2.05) is 24.3 Å². The lowest BCUT2D eigenvalue weighted by Gasteiger charge is -2.27. The van der Waals surface area contributed by atoms with Crippen LogP contribution in [-0.2, 0) is 16.0 Å². The maximum Gasteiger partial charge on any atom is 0.319 e. The van der Waals surface area contributed by atoms with Gasteiger partial charge in [-0.1, -0.05) is 24.3 Å². The van der Waals surface area contributed by atoms with Crippen LogP contribution in [0.5, 0.6) is 0 Å². The van der Waals surface area contributed by atoms with Gasteiger partial charge in [-0.25, -0.2) is 4.79 Å². The van der Waals surface area contributed by atoms with Crippen LogP contribution in [0.15, 0.2) is 24.3 Å². The van der Waals surface area contributed by atoms with Crippen LogP contribution in [-0.4, -0.2) is 36.7 Å². The minimum Gasteiger partial charge on any atom is -0.336 e. The van der Waals surface area contributed by atoms with Gasteiger partial charge in [0.15, 0.2) is 0 Å². The zero-order valence-electron chi connectivity index (χ0n) is 10.3. The van der Waals surface area contributed by atoms with Crippen LogP contribution >= 0.6 is 0 Å². The third-order valence-corrected chi connectivity index (χ3v) is 3.08. The zero-order chi connectivity index (χ0) is 13.7. The molecule has 19 heavy (non-hydrogen) atoms. The number of carbonyl (C=O) groups excluding carboxylic acids is 3. The van der Waals surface area contributed by atoms with E-state index in [2.05, 4.69) is 10.6 Å². The average molecular weight is 261 g/mol. The molecule has 1 aliphatic heterocycles. The largest absolute Gasteiger partial charge is 0.336 e. The van der Waals surface area contributed by atoms with E-state index in [0.29, 0.717) is 19.5 Å². The Balaban J connectivity index is 2.35. The average Bonchev–Trinajstić information content (AvgIpc) is 2.84. The summed E-state index contributed by atoms with van der Waals surface area (Å²) >= 11 is 0. The van der Waals surface area contributed by atoms with Crippen LogP contribution in [0.4, 0.5) is 4.79 Å². The second kappa shape index (κ2) is 5.99. The number of nitrogens with zero attached hydrogens (tertiary/aromatic N) is 1. The number of urea groups is 1. The van der Waals surface area contributed by atoms with E-state index in [9.17, 15) is 14.4 Å². The van der Waals surface area contributed by atoms with E-state index in [4.69, 9.17) is 0 Å². The van der Waals surface area contributed by atoms with E-state index in [1.165, 1.54) is 4.90 Å². The van der Waals surface area contributed by atoms with Gasteiger partial charge in [0, 0.05) is 19.5 Å². The summed E-state index contributed by atoms with van der Waals surface area (Å²) in [4.78, 5) is 34.8. The predicted octanol–water partition coefficient (Wildman–Crippen LogP) is 0.198. The smallest absolute Gasteiger partial charge is 0.319 e. The number of carbonyl (C=O) groups is 3. The molecule has 0 aromatic heterocycles. The highest BCUT2D eigenvalue weighted by atomic mass is 16.2. The molecular weight excluding hydrogens is 246 g/mol. The molecule has 1 aromatic carbocycles. The Morgan fingerprint density at radius 1 is 1.37 bits per heavy atom. The summed E-state index contributed by atoms with van der Waals surface area (Å²) in [5.74, 6) is 0. The molecule has 100 valence electrons. The van der Waals surface area contributed by atoms with Gasteiger partial charge in [-0.2, -0.15) is 0 Å². The van der Waals surface area contributed by atoms with Crippen molar-refractivity contribution in [1.82, 2.24) is 15.5 Å². The summed E-state index contributed by atoms with van der Waals surface area (Å²) in [7, 11) is 0. The van der Waals surface area contributed by atoms with E-state index in [0.717, 1.165) is 17.4 Å². The summed E-state index contributed by atoms with van der Waals surface area (Å²) < 4.78 is 0. The summed E-state index contributed by atoms with van der Waals surface area (Å²) in [6, 6.07) is 7.05. The maximum atomic E-state index is 11.7. The number of rotatable bonds is 6. The number of hydrogen-bond acceptors (Lipinski definition) is 3. The molecule has 1 heterocycles. The van der Waals surface area contributed by atoms with Crippen molar-refractivity contribution in [2.45, 2.75) is 12.6 Å². The molecule has 2 rings (SSSR count). The number of aldehydes is 1. The fourth-order valence-corrected chi connectivity index (χ4v) is 2.22. The Bertz CT molecular complexity index is 490. The third-order valence-electron chi connectivity index (χ3n) is 3.08. The molecule has 1 fully saturated rings. The van der Waals surface area contributed by atoms with E-state index >= 15 is 0 Å². The second-order valence-corrected chi connectivity index (χ2v) is 4.18. The molecule has 1 atom stereocenters. The highest BCUT2D eigenvalue weighted by molar-refractivity contribution is 5.77. The Hall–Kier alpha value is -2.37. The van der Waals surface area contributed by atoms with Crippen molar-refractivity contribution in [3.05, 3.63) is 35.4 Å². The van der Waals surface area contributed by atoms with Gasteiger partial charge in [-0.3, -0.25) is 9.69 Å². The van der Waals surface area contributed by atoms with Gasteiger partial charge in [0.05, 0.1) is 0 Å². The number of benzene rings is 1. The molecule has 6 nitrogen and oxygen atoms in total. The molecule has 6 heteroatoms. The standard InChI is InChI=1S/C13H15N3O3/c17-8-5-10-3-1-2-4-11(10)12(15-9-18)16-7-6-14-13(16)19/h1-4,8-9,12H,5-7H2,(H,14,19)(H,15,18). The van der Waals surface area contributed by atoms with E-state index in [-0.39, 0.29) is 12.5 Å². The molecule has 0 aliphatic carbocycles. The summed E-state index contributed by atoms with van der Waals surface area (Å²) in [6.45, 7) is 1.06. The van der Waals surface area contributed by atoms with Crippen LogP contribution in [0.1, 0.15) is 17.3 Å². The van der Waals surface area contributed by atoms with Crippen molar-refractivity contribution in [3.8, 4) is 0 Å². The fraction of sp³-hybridized carbons (Fsp3) is 0.308. The Labute approximate surface area is 110 Å². The van der Waals surface area contributed by atoms with Crippen LogP contribution < -0.4 is 10.6 Å². The summed E-state index contributed by atoms with van der Waals surface area (Å²) in [6.07, 6.45) is 1.08. The molecule has 1 saturated heterocycles. The molecule has 1 unspecified atom stereocenters. The fourth-order valence-electron chi connectivity index (χ4n) is 2.22. The van der Waals surface area contributed by atoms with Crippen LogP contribution in [0.3, 0.4) is 0 Å². The molecule has 0 spiro atoms. The SMILES string of the molecule is O=CCc1ccccc1C(NC=O)N1CCNC1=O. The lowest BCUT2D eigenvalue weighted by molar-refractivity contribution is -0.111. The topological polar surface area (TPSA) is 78.5 Å². The van der Waals surface area contributed by atoms with Crippen LogP contribution in [0, 0.1) is 0 Å². The zero-order valence-corrected chi connectivity index (χ0v) is 10.3. The van der Waals surface area contributed by atoms with Crippen LogP contribution in [0.2, 0.25) is 0 Å². The highest BCUT2D eigenvalue weighted by Gasteiger charge is 2.29. The first-order chi connectivity index (χ1) is 9.27. The van der Waals surface area contributed by atoms with Crippen molar-refractivity contribution in [2.75, 3.05) is 13.1 Å². The quantitative estimate of drug-likeness (QED) is 0.718. The molecule has 1 aromatic rings. The van der Waals surface area contributed by atoms with Gasteiger partial charge in [-0.15, -0.1) is 0 Å². The van der Waals surface area contributed by atoms with Crippen molar-refractivity contribution in [1.29, 1.82) is 0 Å². The maximum absolute atomic E-state index is 11.7. The van der Waals surface area contributed by atoms with Gasteiger partial charge in [0.25, 0.3) is 0 Å². The molecule has 0 bridgehead atoms. The van der Waals surface area contributed by atoms with Gasteiger partial charge in [0.1, 0.15) is 12.5 Å². The lowest BCUT2D eigenvalue weighted by Crippen LogP contribution is -2.40. The van der Waals surface area contributed by atoms with Crippen molar-refractivity contribution >= 4 is 18.7 Å². The molecule has 2 N–H and O–H groups in total. The van der Waals surface area contributed by atoms with Gasteiger partial charge >= 0.3 is 6.03 Å². The molecule has 1 aliphatic rings. The summed E-state index contributed by atoms with van der Waals surface area (Å²) in [5, 5.41) is 5.33. The van der Waals surface area contributed by atoms with Gasteiger partial charge < -0.3 is 15.4 Å². The first-order valence-corrected chi connectivity index (χ1v) is 6.03. The first kappa shape index (κ1) is 13.1. The number of amides is 3. The summed E-state index contributed by atoms with van der Waals surface area (Å²) in [5.41, 5.74) is 1.57. The Morgan fingerprint density at radius 2 is 2.16 bits per heavy atom. The Kier molecular flexibility index (Phi) is 4.12. The molecule has 0 radical (unpaired) electrons. The first-order valence-electron chi connectivity index (χ1n) is 6.03. The normalized spacial score (nSPS) is 15.8. The van der Waals surface area contributed by atoms with Crippen LogP contribution in [0.25, 0.3) is 0 Å². The third kappa shape index (κ3) is 2.73.